The summed E-state index contributed by atoms with van der Waals surface area (Å²) in [5.74, 6) is 0.396. The Bertz CT molecular complexity index is 545. The first kappa shape index (κ1) is 13.5. The maximum atomic E-state index is 13.6. The predicted molar refractivity (Wildman–Crippen MR) is 72.4 cm³/mol. The first-order valence-electron chi connectivity index (χ1n) is 6.17. The van der Waals surface area contributed by atoms with Gasteiger partial charge in [-0.15, -0.1) is 0 Å². The quantitative estimate of drug-likeness (QED) is 0.897. The van der Waals surface area contributed by atoms with Crippen LogP contribution in [0.3, 0.4) is 0 Å². The van der Waals surface area contributed by atoms with Crippen LogP contribution in [0.5, 0.6) is 5.88 Å². The highest BCUT2D eigenvalue weighted by molar-refractivity contribution is 5.22. The number of rotatable bonds is 5. The van der Waals surface area contributed by atoms with Crippen molar-refractivity contribution in [3.05, 3.63) is 59.5 Å². The molecule has 1 unspecified atom stereocenters. The van der Waals surface area contributed by atoms with Gasteiger partial charge in [0.05, 0.1) is 7.11 Å². The Balaban J connectivity index is 2.00. The average molecular weight is 260 g/mol. The number of halogens is 1. The largest absolute Gasteiger partial charge is 0.481 e. The molecule has 0 aliphatic heterocycles. The van der Waals surface area contributed by atoms with Gasteiger partial charge in [0.1, 0.15) is 5.82 Å². The van der Waals surface area contributed by atoms with Gasteiger partial charge in [-0.2, -0.15) is 0 Å². The average Bonchev–Trinajstić information content (AvgIpc) is 2.45. The van der Waals surface area contributed by atoms with E-state index in [0.29, 0.717) is 18.0 Å². The van der Waals surface area contributed by atoms with Crippen LogP contribution in [0.1, 0.15) is 24.1 Å². The smallest absolute Gasteiger partial charge is 0.213 e. The minimum atomic E-state index is -0.185. The number of nitrogens with one attached hydrogen (secondary N) is 1. The van der Waals surface area contributed by atoms with Gasteiger partial charge in [0.2, 0.25) is 5.88 Å². The summed E-state index contributed by atoms with van der Waals surface area (Å²) in [6, 6.07) is 10.5. The molecule has 19 heavy (non-hydrogen) atoms. The molecule has 0 aliphatic carbocycles. The Kier molecular flexibility index (Phi) is 4.47. The zero-order valence-electron chi connectivity index (χ0n) is 11.1. The van der Waals surface area contributed by atoms with Gasteiger partial charge < -0.3 is 10.1 Å². The van der Waals surface area contributed by atoms with E-state index in [0.717, 1.165) is 5.56 Å². The molecule has 2 rings (SSSR count). The molecule has 1 atom stereocenters. The second-order valence-electron chi connectivity index (χ2n) is 4.33. The third-order valence-corrected chi connectivity index (χ3v) is 2.99. The van der Waals surface area contributed by atoms with E-state index in [1.165, 1.54) is 6.07 Å². The minimum absolute atomic E-state index is 0.0552. The van der Waals surface area contributed by atoms with Crippen molar-refractivity contribution in [1.82, 2.24) is 10.3 Å². The Hall–Kier alpha value is -1.94. The van der Waals surface area contributed by atoms with Crippen molar-refractivity contribution in [2.24, 2.45) is 0 Å². The fraction of sp³-hybridized carbons (Fsp3) is 0.267. The summed E-state index contributed by atoms with van der Waals surface area (Å²) in [5.41, 5.74) is 1.72. The lowest BCUT2D eigenvalue weighted by Gasteiger charge is -2.15. The summed E-state index contributed by atoms with van der Waals surface area (Å²) in [7, 11) is 1.58. The van der Waals surface area contributed by atoms with Gasteiger partial charge in [-0.05, 0) is 24.6 Å². The lowest BCUT2D eigenvalue weighted by Crippen LogP contribution is -2.19. The topological polar surface area (TPSA) is 34.1 Å². The summed E-state index contributed by atoms with van der Waals surface area (Å²) in [6.07, 6.45) is 1.70. The number of benzene rings is 1. The van der Waals surface area contributed by atoms with Crippen molar-refractivity contribution in [2.45, 2.75) is 19.5 Å². The van der Waals surface area contributed by atoms with Crippen LogP contribution in [0.25, 0.3) is 0 Å². The highest BCUT2D eigenvalue weighted by Crippen LogP contribution is 2.17. The zero-order chi connectivity index (χ0) is 13.7. The molecule has 1 heterocycles. The Morgan fingerprint density at radius 3 is 2.84 bits per heavy atom. The van der Waals surface area contributed by atoms with Crippen LogP contribution in [0.4, 0.5) is 4.39 Å². The number of hydrogen-bond acceptors (Lipinski definition) is 3. The van der Waals surface area contributed by atoms with Crippen LogP contribution < -0.4 is 10.1 Å². The molecule has 3 nitrogen and oxygen atoms in total. The van der Waals surface area contributed by atoms with Gasteiger partial charge in [0.25, 0.3) is 0 Å². The first-order chi connectivity index (χ1) is 9.20. The van der Waals surface area contributed by atoms with E-state index >= 15 is 0 Å². The highest BCUT2D eigenvalue weighted by Gasteiger charge is 2.09. The summed E-state index contributed by atoms with van der Waals surface area (Å²) in [6.45, 7) is 2.57. The maximum absolute atomic E-state index is 13.6. The Labute approximate surface area is 112 Å². The van der Waals surface area contributed by atoms with Crippen molar-refractivity contribution in [1.29, 1.82) is 0 Å². The Morgan fingerprint density at radius 2 is 2.11 bits per heavy atom. The highest BCUT2D eigenvalue weighted by atomic mass is 19.1. The minimum Gasteiger partial charge on any atom is -0.481 e. The lowest BCUT2D eigenvalue weighted by molar-refractivity contribution is 0.397. The third kappa shape index (κ3) is 3.51. The van der Waals surface area contributed by atoms with E-state index in [9.17, 15) is 4.39 Å². The van der Waals surface area contributed by atoms with Crippen molar-refractivity contribution >= 4 is 0 Å². The van der Waals surface area contributed by atoms with Crippen molar-refractivity contribution in [2.75, 3.05) is 7.11 Å². The van der Waals surface area contributed by atoms with E-state index in [2.05, 4.69) is 10.3 Å². The maximum Gasteiger partial charge on any atom is 0.213 e. The molecule has 1 N–H and O–H groups in total. The van der Waals surface area contributed by atoms with Crippen molar-refractivity contribution < 1.29 is 9.13 Å². The summed E-state index contributed by atoms with van der Waals surface area (Å²) < 4.78 is 18.7. The van der Waals surface area contributed by atoms with Crippen LogP contribution in [-0.4, -0.2) is 12.1 Å². The molecule has 1 aromatic heterocycles. The molecule has 0 saturated heterocycles. The van der Waals surface area contributed by atoms with Crippen molar-refractivity contribution in [3.63, 3.8) is 0 Å². The molecule has 1 aromatic carbocycles. The normalized spacial score (nSPS) is 12.2. The van der Waals surface area contributed by atoms with E-state index in [1.54, 1.807) is 25.4 Å². The molecular formula is C15H17FN2O. The van der Waals surface area contributed by atoms with E-state index in [4.69, 9.17) is 4.74 Å². The number of methoxy groups -OCH3 is 1. The molecule has 0 spiro atoms. The summed E-state index contributed by atoms with van der Waals surface area (Å²) in [5, 5.41) is 3.28. The van der Waals surface area contributed by atoms with Gasteiger partial charge in [-0.1, -0.05) is 18.2 Å². The second-order valence-corrected chi connectivity index (χ2v) is 4.33. The monoisotopic (exact) mass is 260 g/mol. The molecule has 0 saturated carbocycles. The molecule has 0 amide bonds. The Morgan fingerprint density at radius 1 is 1.32 bits per heavy atom. The van der Waals surface area contributed by atoms with Gasteiger partial charge >= 0.3 is 0 Å². The number of ether oxygens (including phenoxy) is 1. The molecule has 0 bridgehead atoms. The van der Waals surface area contributed by atoms with Crippen LogP contribution in [0, 0.1) is 5.82 Å². The molecule has 0 fully saturated rings. The van der Waals surface area contributed by atoms with E-state index in [-0.39, 0.29) is 11.9 Å². The third-order valence-electron chi connectivity index (χ3n) is 2.99. The predicted octanol–water partition coefficient (Wildman–Crippen LogP) is 3.08. The molecule has 100 valence electrons. The van der Waals surface area contributed by atoms with Crippen LogP contribution in [-0.2, 0) is 6.54 Å². The summed E-state index contributed by atoms with van der Waals surface area (Å²) >= 11 is 0. The van der Waals surface area contributed by atoms with Gasteiger partial charge in [-0.3, -0.25) is 0 Å². The number of nitrogens with zero attached hydrogens (tertiary/aromatic N) is 1. The van der Waals surface area contributed by atoms with E-state index in [1.807, 2.05) is 25.1 Å². The fourth-order valence-corrected chi connectivity index (χ4v) is 1.88. The fourth-order valence-electron chi connectivity index (χ4n) is 1.88. The summed E-state index contributed by atoms with van der Waals surface area (Å²) in [4.78, 5) is 4.05. The molecule has 2 aromatic rings. The lowest BCUT2D eigenvalue weighted by atomic mass is 10.1. The standard InChI is InChI=1S/C15H17FN2O/c1-11(13-5-3-4-6-14(13)16)18-10-12-7-8-17-15(9-12)19-2/h3-9,11,18H,10H2,1-2H3. The van der Waals surface area contributed by atoms with Crippen LogP contribution in [0.15, 0.2) is 42.6 Å². The number of pyridine rings is 1. The SMILES string of the molecule is COc1cc(CNC(C)c2ccccc2F)ccn1. The molecule has 4 heteroatoms. The number of hydrogen-bond donors (Lipinski definition) is 1. The zero-order valence-corrected chi connectivity index (χ0v) is 11.1. The molecule has 0 aliphatic rings. The number of aromatic nitrogens is 1. The molecule has 0 radical (unpaired) electrons. The second kappa shape index (κ2) is 6.29. The van der Waals surface area contributed by atoms with Crippen molar-refractivity contribution in [3.8, 4) is 5.88 Å². The first-order valence-corrected chi connectivity index (χ1v) is 6.17. The van der Waals surface area contributed by atoms with Gasteiger partial charge in [0, 0.05) is 30.4 Å². The van der Waals surface area contributed by atoms with Gasteiger partial charge in [0.15, 0.2) is 0 Å². The molecular weight excluding hydrogens is 243 g/mol. The van der Waals surface area contributed by atoms with E-state index < -0.39 is 0 Å². The van der Waals surface area contributed by atoms with Crippen LogP contribution >= 0.6 is 0 Å². The van der Waals surface area contributed by atoms with Crippen LogP contribution in [0.2, 0.25) is 0 Å². The van der Waals surface area contributed by atoms with Gasteiger partial charge in [-0.25, -0.2) is 9.37 Å².